The maximum absolute atomic E-state index is 11.6. The second kappa shape index (κ2) is 5.63. The Morgan fingerprint density at radius 3 is 2.84 bits per heavy atom. The Hall–Kier alpha value is -0.880. The highest BCUT2D eigenvalue weighted by atomic mass is 35.5. The average molecular weight is 304 g/mol. The number of rotatable bonds is 3. The van der Waals surface area contributed by atoms with E-state index < -0.39 is 9.84 Å². The minimum atomic E-state index is -2.93. The molecule has 1 unspecified atom stereocenters. The van der Waals surface area contributed by atoms with Gasteiger partial charge in [0.15, 0.2) is 9.84 Å². The van der Waals surface area contributed by atoms with Gasteiger partial charge in [0.05, 0.1) is 11.5 Å². The van der Waals surface area contributed by atoms with E-state index in [1.807, 2.05) is 11.8 Å². The Morgan fingerprint density at radius 1 is 1.47 bits per heavy atom. The van der Waals surface area contributed by atoms with Gasteiger partial charge in [0.25, 0.3) is 0 Å². The summed E-state index contributed by atoms with van der Waals surface area (Å²) in [5, 5.41) is 0.465. The Balaban J connectivity index is 2.34. The van der Waals surface area contributed by atoms with Gasteiger partial charge in [-0.3, -0.25) is 0 Å². The molecule has 0 N–H and O–H groups in total. The van der Waals surface area contributed by atoms with Crippen LogP contribution in [0.15, 0.2) is 6.33 Å². The van der Waals surface area contributed by atoms with Crippen molar-refractivity contribution >= 4 is 27.3 Å². The van der Waals surface area contributed by atoms with Crippen LogP contribution in [-0.2, 0) is 16.3 Å². The van der Waals surface area contributed by atoms with Gasteiger partial charge in [-0.2, -0.15) is 0 Å². The first-order valence-corrected chi connectivity index (χ1v) is 8.61. The van der Waals surface area contributed by atoms with E-state index in [1.165, 1.54) is 6.33 Å². The SMILES string of the molecule is CCCc1c(Cl)ncnc1N1CCS(=O)(=O)CC1C. The normalized spacial score (nSPS) is 22.5. The van der Waals surface area contributed by atoms with Crippen molar-refractivity contribution in [2.75, 3.05) is 23.0 Å². The maximum atomic E-state index is 11.6. The van der Waals surface area contributed by atoms with Crippen LogP contribution in [0, 0.1) is 0 Å². The van der Waals surface area contributed by atoms with Gasteiger partial charge in [-0.25, -0.2) is 18.4 Å². The van der Waals surface area contributed by atoms with Crippen LogP contribution in [0.25, 0.3) is 0 Å². The Kier molecular flexibility index (Phi) is 4.30. The zero-order valence-corrected chi connectivity index (χ0v) is 12.7. The molecule has 5 nitrogen and oxygen atoms in total. The predicted octanol–water partition coefficient (Wildman–Crippen LogP) is 1.71. The van der Waals surface area contributed by atoms with Crippen LogP contribution in [0.1, 0.15) is 25.8 Å². The molecule has 1 aromatic rings. The lowest BCUT2D eigenvalue weighted by molar-refractivity contribution is 0.566. The van der Waals surface area contributed by atoms with Gasteiger partial charge in [-0.15, -0.1) is 0 Å². The van der Waals surface area contributed by atoms with Gasteiger partial charge in [0.1, 0.15) is 17.3 Å². The number of nitrogens with zero attached hydrogens (tertiary/aromatic N) is 3. The van der Waals surface area contributed by atoms with E-state index >= 15 is 0 Å². The van der Waals surface area contributed by atoms with Gasteiger partial charge >= 0.3 is 0 Å². The molecule has 7 heteroatoms. The Morgan fingerprint density at radius 2 is 2.21 bits per heavy atom. The zero-order chi connectivity index (χ0) is 14.0. The van der Waals surface area contributed by atoms with E-state index in [0.717, 1.165) is 24.2 Å². The first-order valence-electron chi connectivity index (χ1n) is 6.41. The van der Waals surface area contributed by atoms with Crippen LogP contribution < -0.4 is 4.90 Å². The predicted molar refractivity (Wildman–Crippen MR) is 76.5 cm³/mol. The van der Waals surface area contributed by atoms with Crippen molar-refractivity contribution in [2.45, 2.75) is 32.7 Å². The van der Waals surface area contributed by atoms with Crippen molar-refractivity contribution < 1.29 is 8.42 Å². The second-order valence-corrected chi connectivity index (χ2v) is 7.46. The highest BCUT2D eigenvalue weighted by Gasteiger charge is 2.30. The summed E-state index contributed by atoms with van der Waals surface area (Å²) in [5.41, 5.74) is 0.915. The van der Waals surface area contributed by atoms with Gasteiger partial charge < -0.3 is 4.90 Å². The fourth-order valence-electron chi connectivity index (χ4n) is 2.41. The largest absolute Gasteiger partial charge is 0.351 e. The monoisotopic (exact) mass is 303 g/mol. The number of hydrogen-bond acceptors (Lipinski definition) is 5. The molecule has 1 saturated heterocycles. The Bertz CT molecular complexity index is 562. The lowest BCUT2D eigenvalue weighted by Gasteiger charge is -2.35. The fraction of sp³-hybridized carbons (Fsp3) is 0.667. The fourth-order valence-corrected chi connectivity index (χ4v) is 4.19. The smallest absolute Gasteiger partial charge is 0.154 e. The first-order chi connectivity index (χ1) is 8.94. The number of anilines is 1. The van der Waals surface area contributed by atoms with Crippen LogP contribution in [0.2, 0.25) is 5.15 Å². The topological polar surface area (TPSA) is 63.2 Å². The summed E-state index contributed by atoms with van der Waals surface area (Å²) in [6.07, 6.45) is 3.18. The molecule has 106 valence electrons. The minimum absolute atomic E-state index is 0.0830. The Labute approximate surface area is 118 Å². The van der Waals surface area contributed by atoms with Gasteiger partial charge in [-0.05, 0) is 13.3 Å². The average Bonchev–Trinajstić information content (AvgIpc) is 2.31. The summed E-state index contributed by atoms with van der Waals surface area (Å²) >= 11 is 6.14. The van der Waals surface area contributed by atoms with Crippen LogP contribution >= 0.6 is 11.6 Å². The van der Waals surface area contributed by atoms with E-state index in [1.54, 1.807) is 0 Å². The van der Waals surface area contributed by atoms with Crippen LogP contribution in [-0.4, -0.2) is 42.5 Å². The third kappa shape index (κ3) is 3.17. The lowest BCUT2D eigenvalue weighted by Crippen LogP contribution is -2.47. The summed E-state index contributed by atoms with van der Waals surface area (Å²) in [6.45, 7) is 4.44. The molecule has 0 bridgehead atoms. The third-order valence-corrected chi connectivity index (χ3v) is 5.43. The lowest BCUT2D eigenvalue weighted by atomic mass is 10.1. The van der Waals surface area contributed by atoms with E-state index in [2.05, 4.69) is 16.9 Å². The number of hydrogen-bond donors (Lipinski definition) is 0. The molecule has 1 atom stereocenters. The van der Waals surface area contributed by atoms with Crippen molar-refractivity contribution in [1.29, 1.82) is 0 Å². The van der Waals surface area contributed by atoms with E-state index in [9.17, 15) is 8.42 Å². The molecule has 2 rings (SSSR count). The van der Waals surface area contributed by atoms with Crippen LogP contribution in [0.5, 0.6) is 0 Å². The molecule has 1 fully saturated rings. The highest BCUT2D eigenvalue weighted by molar-refractivity contribution is 7.91. The molecule has 2 heterocycles. The molecule has 0 amide bonds. The minimum Gasteiger partial charge on any atom is -0.351 e. The quantitative estimate of drug-likeness (QED) is 0.795. The second-order valence-electron chi connectivity index (χ2n) is 4.87. The van der Waals surface area contributed by atoms with Crippen molar-refractivity contribution in [1.82, 2.24) is 9.97 Å². The molecule has 1 aliphatic rings. The summed E-state index contributed by atoms with van der Waals surface area (Å²) in [7, 11) is -2.93. The van der Waals surface area contributed by atoms with Gasteiger partial charge in [0.2, 0.25) is 0 Å². The van der Waals surface area contributed by atoms with Crippen molar-refractivity contribution in [3.63, 3.8) is 0 Å². The zero-order valence-electron chi connectivity index (χ0n) is 11.1. The summed E-state index contributed by atoms with van der Waals surface area (Å²) in [6, 6.07) is -0.0830. The highest BCUT2D eigenvalue weighted by Crippen LogP contribution is 2.28. The van der Waals surface area contributed by atoms with Crippen molar-refractivity contribution in [2.24, 2.45) is 0 Å². The molecule has 19 heavy (non-hydrogen) atoms. The molecule has 0 aromatic carbocycles. The molecular weight excluding hydrogens is 286 g/mol. The number of sulfone groups is 1. The molecule has 0 aliphatic carbocycles. The summed E-state index contributed by atoms with van der Waals surface area (Å²) in [4.78, 5) is 10.4. The van der Waals surface area contributed by atoms with E-state index in [-0.39, 0.29) is 17.5 Å². The van der Waals surface area contributed by atoms with Gasteiger partial charge in [-0.1, -0.05) is 24.9 Å². The first kappa shape index (κ1) is 14.5. The molecule has 0 saturated carbocycles. The maximum Gasteiger partial charge on any atom is 0.154 e. The van der Waals surface area contributed by atoms with Gasteiger partial charge in [0, 0.05) is 18.2 Å². The number of aromatic nitrogens is 2. The standard InChI is InChI=1S/C12H18ClN3O2S/c1-3-4-10-11(13)14-8-15-12(10)16-5-6-19(17,18)7-9(16)2/h8-9H,3-7H2,1-2H3. The summed E-state index contributed by atoms with van der Waals surface area (Å²) in [5.74, 6) is 1.12. The van der Waals surface area contributed by atoms with Crippen molar-refractivity contribution in [3.05, 3.63) is 17.0 Å². The molecule has 0 spiro atoms. The van der Waals surface area contributed by atoms with Crippen LogP contribution in [0.3, 0.4) is 0 Å². The summed E-state index contributed by atoms with van der Waals surface area (Å²) < 4.78 is 23.3. The van der Waals surface area contributed by atoms with E-state index in [0.29, 0.717) is 11.7 Å². The molecule has 0 radical (unpaired) electrons. The van der Waals surface area contributed by atoms with Crippen molar-refractivity contribution in [3.8, 4) is 0 Å². The third-order valence-electron chi connectivity index (χ3n) is 3.31. The van der Waals surface area contributed by atoms with E-state index in [4.69, 9.17) is 11.6 Å². The molecular formula is C12H18ClN3O2S. The number of halogens is 1. The van der Waals surface area contributed by atoms with Crippen LogP contribution in [0.4, 0.5) is 5.82 Å². The molecule has 1 aliphatic heterocycles. The molecule has 1 aromatic heterocycles.